The molecule has 0 spiro atoms. The van der Waals surface area contributed by atoms with Crippen molar-refractivity contribution in [2.24, 2.45) is 0 Å². The molecule has 0 atom stereocenters. The van der Waals surface area contributed by atoms with E-state index in [-0.39, 0.29) is 5.88 Å². The Labute approximate surface area is 109 Å². The molecule has 0 aromatic carbocycles. The number of nitrogens with zero attached hydrogens (tertiary/aromatic N) is 2. The van der Waals surface area contributed by atoms with Gasteiger partial charge in [-0.1, -0.05) is 11.6 Å². The number of alkyl halides is 1. The first-order chi connectivity index (χ1) is 8.20. The molecular formula is C12H10Cl2N2O. The molecule has 0 saturated heterocycles. The summed E-state index contributed by atoms with van der Waals surface area (Å²) in [5, 5.41) is 0.537. The van der Waals surface area contributed by atoms with Gasteiger partial charge in [-0.05, 0) is 25.1 Å². The van der Waals surface area contributed by atoms with Gasteiger partial charge in [-0.15, -0.1) is 11.6 Å². The Balaban J connectivity index is 2.28. The van der Waals surface area contributed by atoms with Crippen molar-refractivity contribution in [3.05, 3.63) is 46.9 Å². The second-order valence-electron chi connectivity index (χ2n) is 3.40. The maximum atomic E-state index is 5.92. The zero-order valence-corrected chi connectivity index (χ0v) is 10.7. The van der Waals surface area contributed by atoms with E-state index in [2.05, 4.69) is 9.97 Å². The van der Waals surface area contributed by atoms with E-state index in [1.54, 1.807) is 24.4 Å². The van der Waals surface area contributed by atoms with E-state index >= 15 is 0 Å². The van der Waals surface area contributed by atoms with Crippen LogP contribution >= 0.6 is 23.2 Å². The predicted octanol–water partition coefficient (Wildman–Crippen LogP) is 3.97. The largest absolute Gasteiger partial charge is 0.437 e. The molecule has 2 aromatic heterocycles. The first-order valence-electron chi connectivity index (χ1n) is 5.01. The fourth-order valence-electron chi connectivity index (χ4n) is 1.30. The van der Waals surface area contributed by atoms with E-state index in [4.69, 9.17) is 27.9 Å². The molecule has 2 heterocycles. The van der Waals surface area contributed by atoms with Gasteiger partial charge >= 0.3 is 0 Å². The zero-order valence-electron chi connectivity index (χ0n) is 9.15. The molecule has 17 heavy (non-hydrogen) atoms. The zero-order chi connectivity index (χ0) is 12.3. The highest BCUT2D eigenvalue weighted by Gasteiger charge is 2.06. The van der Waals surface area contributed by atoms with Crippen molar-refractivity contribution in [2.75, 3.05) is 0 Å². The van der Waals surface area contributed by atoms with Crippen LogP contribution in [0, 0.1) is 6.92 Å². The molecule has 0 aliphatic heterocycles. The SMILES string of the molecule is Cc1ncccc1Oc1ccc(Cl)c(CCl)n1. The van der Waals surface area contributed by atoms with E-state index < -0.39 is 0 Å². The number of aryl methyl sites for hydroxylation is 1. The number of aromatic nitrogens is 2. The minimum absolute atomic E-state index is 0.252. The van der Waals surface area contributed by atoms with Crippen molar-refractivity contribution in [3.8, 4) is 11.6 Å². The highest BCUT2D eigenvalue weighted by Crippen LogP contribution is 2.25. The molecule has 2 rings (SSSR count). The van der Waals surface area contributed by atoms with E-state index in [0.717, 1.165) is 5.69 Å². The van der Waals surface area contributed by atoms with Gasteiger partial charge in [0.05, 0.1) is 22.3 Å². The molecule has 3 nitrogen and oxygen atoms in total. The second-order valence-corrected chi connectivity index (χ2v) is 4.08. The van der Waals surface area contributed by atoms with Crippen molar-refractivity contribution in [3.63, 3.8) is 0 Å². The Morgan fingerprint density at radius 3 is 2.82 bits per heavy atom. The summed E-state index contributed by atoms with van der Waals surface area (Å²) >= 11 is 11.6. The third kappa shape index (κ3) is 2.87. The molecule has 0 amide bonds. The van der Waals surface area contributed by atoms with Gasteiger partial charge in [-0.2, -0.15) is 0 Å². The molecule has 5 heteroatoms. The van der Waals surface area contributed by atoms with Crippen LogP contribution in [0.3, 0.4) is 0 Å². The van der Waals surface area contributed by atoms with E-state index in [9.17, 15) is 0 Å². The van der Waals surface area contributed by atoms with Crippen LogP contribution < -0.4 is 4.74 Å². The van der Waals surface area contributed by atoms with E-state index in [0.29, 0.717) is 22.3 Å². The van der Waals surface area contributed by atoms with Crippen molar-refractivity contribution < 1.29 is 4.74 Å². The maximum Gasteiger partial charge on any atom is 0.219 e. The van der Waals surface area contributed by atoms with Crippen LogP contribution in [-0.2, 0) is 5.88 Å². The molecule has 0 fully saturated rings. The monoisotopic (exact) mass is 268 g/mol. The van der Waals surface area contributed by atoms with Crippen molar-refractivity contribution in [1.82, 2.24) is 9.97 Å². The first kappa shape index (κ1) is 12.1. The molecule has 0 aliphatic carbocycles. The lowest BCUT2D eigenvalue weighted by Gasteiger charge is -2.08. The molecule has 0 N–H and O–H groups in total. The van der Waals surface area contributed by atoms with Gasteiger partial charge in [0, 0.05) is 12.3 Å². The van der Waals surface area contributed by atoms with E-state index in [1.807, 2.05) is 13.0 Å². The first-order valence-corrected chi connectivity index (χ1v) is 5.93. The lowest BCUT2D eigenvalue weighted by atomic mass is 10.3. The van der Waals surface area contributed by atoms with Crippen LogP contribution in [-0.4, -0.2) is 9.97 Å². The van der Waals surface area contributed by atoms with Gasteiger partial charge in [0.1, 0.15) is 0 Å². The number of hydrogen-bond acceptors (Lipinski definition) is 3. The summed E-state index contributed by atoms with van der Waals surface area (Å²) in [4.78, 5) is 8.34. The van der Waals surface area contributed by atoms with Gasteiger partial charge in [0.25, 0.3) is 0 Å². The summed E-state index contributed by atoms with van der Waals surface area (Å²) in [7, 11) is 0. The molecule has 0 saturated carbocycles. The number of pyridine rings is 2. The fourth-order valence-corrected chi connectivity index (χ4v) is 1.75. The highest BCUT2D eigenvalue weighted by atomic mass is 35.5. The summed E-state index contributed by atoms with van der Waals surface area (Å²) in [5.74, 6) is 1.38. The minimum Gasteiger partial charge on any atom is -0.437 e. The van der Waals surface area contributed by atoms with Gasteiger partial charge < -0.3 is 4.74 Å². The Bertz CT molecular complexity index is 532. The van der Waals surface area contributed by atoms with Gasteiger partial charge in [-0.3, -0.25) is 4.98 Å². The summed E-state index contributed by atoms with van der Waals surface area (Å²) in [5.41, 5.74) is 1.41. The van der Waals surface area contributed by atoms with Crippen LogP contribution in [0.2, 0.25) is 5.02 Å². The average molecular weight is 269 g/mol. The summed E-state index contributed by atoms with van der Waals surface area (Å²) in [6, 6.07) is 7.05. The number of halogens is 2. The van der Waals surface area contributed by atoms with Crippen LogP contribution in [0.1, 0.15) is 11.4 Å². The van der Waals surface area contributed by atoms with Gasteiger partial charge in [0.15, 0.2) is 5.75 Å². The quantitative estimate of drug-likeness (QED) is 0.791. The minimum atomic E-state index is 0.252. The Kier molecular flexibility index (Phi) is 3.82. The van der Waals surface area contributed by atoms with Crippen LogP contribution in [0.5, 0.6) is 11.6 Å². The van der Waals surface area contributed by atoms with Crippen LogP contribution in [0.25, 0.3) is 0 Å². The third-order valence-electron chi connectivity index (χ3n) is 2.19. The standard InChI is InChI=1S/C12H10Cl2N2O/c1-8-11(3-2-6-15-8)17-12-5-4-9(14)10(7-13)16-12/h2-6H,7H2,1H3. The molecular weight excluding hydrogens is 259 g/mol. The van der Waals surface area contributed by atoms with Crippen molar-refractivity contribution >= 4 is 23.2 Å². The van der Waals surface area contributed by atoms with Crippen molar-refractivity contribution in [2.45, 2.75) is 12.8 Å². The Morgan fingerprint density at radius 2 is 2.12 bits per heavy atom. The number of ether oxygens (including phenoxy) is 1. The van der Waals surface area contributed by atoms with Crippen molar-refractivity contribution in [1.29, 1.82) is 0 Å². The Morgan fingerprint density at radius 1 is 1.29 bits per heavy atom. The normalized spacial score (nSPS) is 10.3. The van der Waals surface area contributed by atoms with Crippen LogP contribution in [0.15, 0.2) is 30.5 Å². The molecule has 0 unspecified atom stereocenters. The lowest BCUT2D eigenvalue weighted by Crippen LogP contribution is -1.94. The van der Waals surface area contributed by atoms with E-state index in [1.165, 1.54) is 0 Å². The summed E-state index contributed by atoms with van der Waals surface area (Å²) in [6.07, 6.45) is 1.71. The second kappa shape index (κ2) is 5.34. The molecule has 2 aromatic rings. The summed E-state index contributed by atoms with van der Waals surface area (Å²) in [6.45, 7) is 1.87. The maximum absolute atomic E-state index is 5.92. The predicted molar refractivity (Wildman–Crippen MR) is 67.9 cm³/mol. The Hall–Kier alpha value is -1.32. The molecule has 0 radical (unpaired) electrons. The molecule has 0 bridgehead atoms. The lowest BCUT2D eigenvalue weighted by molar-refractivity contribution is 0.455. The number of rotatable bonds is 3. The topological polar surface area (TPSA) is 35.0 Å². The highest BCUT2D eigenvalue weighted by molar-refractivity contribution is 6.32. The van der Waals surface area contributed by atoms with Gasteiger partial charge in [0.2, 0.25) is 5.88 Å². The third-order valence-corrected chi connectivity index (χ3v) is 2.79. The molecule has 88 valence electrons. The van der Waals surface area contributed by atoms with Crippen LogP contribution in [0.4, 0.5) is 0 Å². The summed E-state index contributed by atoms with van der Waals surface area (Å²) < 4.78 is 5.62. The fraction of sp³-hybridized carbons (Fsp3) is 0.167. The molecule has 0 aliphatic rings. The van der Waals surface area contributed by atoms with Gasteiger partial charge in [-0.25, -0.2) is 4.98 Å². The average Bonchev–Trinajstić information content (AvgIpc) is 2.34. The smallest absolute Gasteiger partial charge is 0.219 e. The number of hydrogen-bond donors (Lipinski definition) is 0.